The van der Waals surface area contributed by atoms with Crippen LogP contribution in [0.5, 0.6) is 0 Å². The molecule has 0 unspecified atom stereocenters. The van der Waals surface area contributed by atoms with Crippen molar-refractivity contribution in [3.63, 3.8) is 0 Å². The van der Waals surface area contributed by atoms with E-state index in [9.17, 15) is 9.18 Å². The molecule has 0 atom stereocenters. The zero-order chi connectivity index (χ0) is 13.8. The van der Waals surface area contributed by atoms with Crippen LogP contribution in [0.15, 0.2) is 18.2 Å². The van der Waals surface area contributed by atoms with E-state index in [0.29, 0.717) is 30.3 Å². The van der Waals surface area contributed by atoms with Crippen molar-refractivity contribution in [2.45, 2.75) is 38.6 Å². The van der Waals surface area contributed by atoms with Crippen molar-refractivity contribution in [2.75, 3.05) is 13.1 Å². The van der Waals surface area contributed by atoms with Gasteiger partial charge in [-0.25, -0.2) is 4.39 Å². The summed E-state index contributed by atoms with van der Waals surface area (Å²) in [5, 5.41) is 0. The molecule has 1 aromatic carbocycles. The van der Waals surface area contributed by atoms with Crippen LogP contribution in [0.4, 0.5) is 4.39 Å². The normalized spacial score (nSPS) is 15.7. The Kier molecular flexibility index (Phi) is 4.53. The lowest BCUT2D eigenvalue weighted by Gasteiger charge is -2.29. The Bertz CT molecular complexity index is 455. The fourth-order valence-electron chi connectivity index (χ4n) is 2.83. The van der Waals surface area contributed by atoms with Crippen LogP contribution in [0, 0.1) is 12.7 Å². The summed E-state index contributed by atoms with van der Waals surface area (Å²) in [6.07, 6.45) is 4.43. The molecule has 0 aromatic heterocycles. The Morgan fingerprint density at radius 1 is 1.42 bits per heavy atom. The van der Waals surface area contributed by atoms with Crippen LogP contribution in [-0.4, -0.2) is 29.9 Å². The van der Waals surface area contributed by atoms with Gasteiger partial charge in [-0.05, 0) is 43.5 Å². The number of rotatable bonds is 4. The largest absolute Gasteiger partial charge is 0.334 e. The smallest absolute Gasteiger partial charge is 0.254 e. The van der Waals surface area contributed by atoms with Crippen LogP contribution in [0.2, 0.25) is 0 Å². The molecule has 1 aliphatic carbocycles. The molecule has 0 bridgehead atoms. The van der Waals surface area contributed by atoms with Gasteiger partial charge in [0, 0.05) is 24.7 Å². The first-order valence-corrected chi connectivity index (χ1v) is 6.90. The van der Waals surface area contributed by atoms with E-state index in [0.717, 1.165) is 12.8 Å². The zero-order valence-electron chi connectivity index (χ0n) is 11.4. The Hall–Kier alpha value is -1.42. The van der Waals surface area contributed by atoms with Gasteiger partial charge in [-0.3, -0.25) is 4.79 Å². The van der Waals surface area contributed by atoms with Crippen LogP contribution in [0.1, 0.15) is 41.6 Å². The number of nitrogens with zero attached hydrogens (tertiary/aromatic N) is 1. The Morgan fingerprint density at radius 2 is 2.11 bits per heavy atom. The van der Waals surface area contributed by atoms with Crippen molar-refractivity contribution in [1.82, 2.24) is 4.90 Å². The van der Waals surface area contributed by atoms with Gasteiger partial charge in [0.1, 0.15) is 5.82 Å². The monoisotopic (exact) mass is 264 g/mol. The number of aryl methyl sites for hydroxylation is 1. The molecule has 104 valence electrons. The maximum absolute atomic E-state index is 13.1. The summed E-state index contributed by atoms with van der Waals surface area (Å²) in [7, 11) is 0. The average molecular weight is 264 g/mol. The molecule has 1 saturated carbocycles. The summed E-state index contributed by atoms with van der Waals surface area (Å²) in [5.74, 6) is -0.324. The first-order valence-electron chi connectivity index (χ1n) is 6.90. The second-order valence-corrected chi connectivity index (χ2v) is 5.18. The van der Waals surface area contributed by atoms with Crippen LogP contribution >= 0.6 is 0 Å². The molecule has 0 spiro atoms. The maximum Gasteiger partial charge on any atom is 0.254 e. The minimum atomic E-state index is -0.305. The molecule has 1 aromatic rings. The highest BCUT2D eigenvalue weighted by Gasteiger charge is 2.27. The van der Waals surface area contributed by atoms with Crippen molar-refractivity contribution in [3.05, 3.63) is 35.1 Å². The SMILES string of the molecule is Cc1cc(F)ccc1C(=O)N(CCN)C1CCCC1. The van der Waals surface area contributed by atoms with Crippen LogP contribution in [0.3, 0.4) is 0 Å². The molecule has 0 heterocycles. The van der Waals surface area contributed by atoms with Crippen molar-refractivity contribution >= 4 is 5.91 Å². The molecule has 0 saturated heterocycles. The topological polar surface area (TPSA) is 46.3 Å². The zero-order valence-corrected chi connectivity index (χ0v) is 11.4. The maximum atomic E-state index is 13.1. The van der Waals surface area contributed by atoms with Gasteiger partial charge in [0.15, 0.2) is 0 Å². The highest BCUT2D eigenvalue weighted by Crippen LogP contribution is 2.25. The van der Waals surface area contributed by atoms with E-state index in [4.69, 9.17) is 5.73 Å². The first-order chi connectivity index (χ1) is 9.13. The third kappa shape index (κ3) is 3.13. The number of carbonyl (C=O) groups is 1. The minimum Gasteiger partial charge on any atom is -0.334 e. The summed E-state index contributed by atoms with van der Waals surface area (Å²) in [5.41, 5.74) is 6.89. The van der Waals surface area contributed by atoms with Crippen molar-refractivity contribution in [2.24, 2.45) is 5.73 Å². The van der Waals surface area contributed by atoms with Crippen molar-refractivity contribution in [1.29, 1.82) is 0 Å². The lowest BCUT2D eigenvalue weighted by Crippen LogP contribution is -2.42. The fraction of sp³-hybridized carbons (Fsp3) is 0.533. The summed E-state index contributed by atoms with van der Waals surface area (Å²) in [6, 6.07) is 4.62. The van der Waals surface area contributed by atoms with Crippen molar-refractivity contribution < 1.29 is 9.18 Å². The molecule has 0 aliphatic heterocycles. The highest BCUT2D eigenvalue weighted by atomic mass is 19.1. The molecular formula is C15H21FN2O. The van der Waals surface area contributed by atoms with Gasteiger partial charge in [0.05, 0.1) is 0 Å². The van der Waals surface area contributed by atoms with Gasteiger partial charge in [0.25, 0.3) is 5.91 Å². The van der Waals surface area contributed by atoms with Gasteiger partial charge in [-0.1, -0.05) is 12.8 Å². The molecule has 3 nitrogen and oxygen atoms in total. The number of hydrogen-bond acceptors (Lipinski definition) is 2. The minimum absolute atomic E-state index is 0.0187. The van der Waals surface area contributed by atoms with Crippen LogP contribution in [0.25, 0.3) is 0 Å². The van der Waals surface area contributed by atoms with E-state index < -0.39 is 0 Å². The van der Waals surface area contributed by atoms with Crippen molar-refractivity contribution in [3.8, 4) is 0 Å². The standard InChI is InChI=1S/C15H21FN2O/c1-11-10-12(16)6-7-14(11)15(19)18(9-8-17)13-4-2-3-5-13/h6-7,10,13H,2-5,8-9,17H2,1H3. The Balaban J connectivity index is 2.22. The van der Waals surface area contributed by atoms with Crippen LogP contribution in [-0.2, 0) is 0 Å². The molecule has 1 amide bonds. The quantitative estimate of drug-likeness (QED) is 0.908. The summed E-state index contributed by atoms with van der Waals surface area (Å²) in [6.45, 7) is 2.80. The van der Waals surface area contributed by atoms with Gasteiger partial charge < -0.3 is 10.6 Å². The number of nitrogens with two attached hydrogens (primary N) is 1. The lowest BCUT2D eigenvalue weighted by molar-refractivity contribution is 0.0687. The number of amides is 1. The van der Waals surface area contributed by atoms with Gasteiger partial charge in [-0.2, -0.15) is 0 Å². The fourth-order valence-corrected chi connectivity index (χ4v) is 2.83. The summed E-state index contributed by atoms with van der Waals surface area (Å²) in [4.78, 5) is 14.5. The highest BCUT2D eigenvalue weighted by molar-refractivity contribution is 5.95. The van der Waals surface area contributed by atoms with E-state index in [1.54, 1.807) is 13.0 Å². The average Bonchev–Trinajstić information content (AvgIpc) is 2.89. The Labute approximate surface area is 113 Å². The number of halogens is 1. The van der Waals surface area contributed by atoms with E-state index in [2.05, 4.69) is 0 Å². The second kappa shape index (κ2) is 6.15. The second-order valence-electron chi connectivity index (χ2n) is 5.18. The predicted octanol–water partition coefficient (Wildman–Crippen LogP) is 2.48. The molecular weight excluding hydrogens is 243 g/mol. The van der Waals surface area contributed by atoms with E-state index in [-0.39, 0.29) is 11.7 Å². The third-order valence-electron chi connectivity index (χ3n) is 3.82. The summed E-state index contributed by atoms with van der Waals surface area (Å²) >= 11 is 0. The molecule has 1 aliphatic rings. The number of benzene rings is 1. The molecule has 19 heavy (non-hydrogen) atoms. The van der Waals surface area contributed by atoms with E-state index in [1.807, 2.05) is 4.90 Å². The molecule has 2 N–H and O–H groups in total. The van der Waals surface area contributed by atoms with Crippen LogP contribution < -0.4 is 5.73 Å². The number of hydrogen-bond donors (Lipinski definition) is 1. The molecule has 4 heteroatoms. The number of carbonyl (C=O) groups excluding carboxylic acids is 1. The summed E-state index contributed by atoms with van der Waals surface area (Å²) < 4.78 is 13.1. The molecule has 1 fully saturated rings. The molecule has 0 radical (unpaired) electrons. The van der Waals surface area contributed by atoms with E-state index >= 15 is 0 Å². The molecule has 2 rings (SSSR count). The van der Waals surface area contributed by atoms with Gasteiger partial charge in [-0.15, -0.1) is 0 Å². The van der Waals surface area contributed by atoms with Gasteiger partial charge in [0.2, 0.25) is 0 Å². The predicted molar refractivity (Wildman–Crippen MR) is 73.5 cm³/mol. The van der Waals surface area contributed by atoms with Gasteiger partial charge >= 0.3 is 0 Å². The lowest BCUT2D eigenvalue weighted by atomic mass is 10.1. The van der Waals surface area contributed by atoms with E-state index in [1.165, 1.54) is 25.0 Å². The third-order valence-corrected chi connectivity index (χ3v) is 3.82. The first kappa shape index (κ1) is 14.0. The Morgan fingerprint density at radius 3 is 2.68 bits per heavy atom.